The molecule has 2 rings (SSSR count). The van der Waals surface area contributed by atoms with Crippen LogP contribution in [0, 0.1) is 26.1 Å². The first-order valence-electron chi connectivity index (χ1n) is 6.74. The number of hydrogen-bond donors (Lipinski definition) is 1. The van der Waals surface area contributed by atoms with Crippen molar-refractivity contribution in [1.82, 2.24) is 0 Å². The lowest BCUT2D eigenvalue weighted by Gasteiger charge is -2.19. The molecular formula is C13H16N4O4. The van der Waals surface area contributed by atoms with E-state index in [-0.39, 0.29) is 17.1 Å². The number of anilines is 1. The minimum absolute atomic E-state index is 0.163. The molecule has 1 fully saturated rings. The molecule has 0 spiro atoms. The fourth-order valence-corrected chi connectivity index (χ4v) is 2.35. The summed E-state index contributed by atoms with van der Waals surface area (Å²) in [6, 6.07) is 3.47. The molecule has 0 radical (unpaired) electrons. The van der Waals surface area contributed by atoms with Crippen LogP contribution in [0.1, 0.15) is 32.6 Å². The Labute approximate surface area is 121 Å². The van der Waals surface area contributed by atoms with E-state index in [4.69, 9.17) is 0 Å². The summed E-state index contributed by atoms with van der Waals surface area (Å²) in [4.78, 5) is 20.4. The molecule has 8 nitrogen and oxygen atoms in total. The topological polar surface area (TPSA) is 111 Å². The van der Waals surface area contributed by atoms with Crippen LogP contribution in [-0.2, 0) is 0 Å². The summed E-state index contributed by atoms with van der Waals surface area (Å²) in [5.41, 5.74) is 3.16. The average Bonchev–Trinajstić information content (AvgIpc) is 2.46. The van der Waals surface area contributed by atoms with Crippen LogP contribution in [0.5, 0.6) is 0 Å². The first kappa shape index (κ1) is 14.9. The molecule has 0 unspecified atom stereocenters. The van der Waals surface area contributed by atoms with E-state index in [1.165, 1.54) is 12.1 Å². The quantitative estimate of drug-likeness (QED) is 0.674. The van der Waals surface area contributed by atoms with Gasteiger partial charge >= 0.3 is 5.69 Å². The summed E-state index contributed by atoms with van der Waals surface area (Å²) in [7, 11) is 0. The zero-order valence-electron chi connectivity index (χ0n) is 11.6. The molecular weight excluding hydrogens is 276 g/mol. The minimum atomic E-state index is -0.661. The summed E-state index contributed by atoms with van der Waals surface area (Å²) < 4.78 is 0. The molecule has 1 aromatic carbocycles. The number of benzene rings is 1. The van der Waals surface area contributed by atoms with Crippen molar-refractivity contribution in [3.8, 4) is 0 Å². The number of nitro benzene ring substituents is 2. The van der Waals surface area contributed by atoms with Gasteiger partial charge < -0.3 is 0 Å². The number of nitrogens with one attached hydrogen (secondary N) is 1. The Kier molecular flexibility index (Phi) is 4.46. The van der Waals surface area contributed by atoms with Crippen LogP contribution >= 0.6 is 0 Å². The summed E-state index contributed by atoms with van der Waals surface area (Å²) >= 11 is 0. The van der Waals surface area contributed by atoms with Gasteiger partial charge in [0.2, 0.25) is 0 Å². The largest absolute Gasteiger partial charge is 0.301 e. The van der Waals surface area contributed by atoms with E-state index >= 15 is 0 Å². The Morgan fingerprint density at radius 1 is 1.24 bits per heavy atom. The second-order valence-corrected chi connectivity index (χ2v) is 5.08. The van der Waals surface area contributed by atoms with E-state index in [9.17, 15) is 20.2 Å². The van der Waals surface area contributed by atoms with Crippen LogP contribution in [0.3, 0.4) is 0 Å². The molecule has 21 heavy (non-hydrogen) atoms. The molecule has 1 aromatic rings. The fraction of sp³-hybridized carbons (Fsp3) is 0.462. The van der Waals surface area contributed by atoms with E-state index in [2.05, 4.69) is 17.5 Å². The first-order valence-corrected chi connectivity index (χ1v) is 6.74. The molecule has 1 aliphatic rings. The highest BCUT2D eigenvalue weighted by Gasteiger charge is 2.20. The van der Waals surface area contributed by atoms with Gasteiger partial charge in [0.1, 0.15) is 5.69 Å². The lowest BCUT2D eigenvalue weighted by molar-refractivity contribution is -0.393. The van der Waals surface area contributed by atoms with Crippen LogP contribution in [0.25, 0.3) is 0 Å². The Morgan fingerprint density at radius 3 is 2.62 bits per heavy atom. The highest BCUT2D eigenvalue weighted by atomic mass is 16.6. The SMILES string of the molecule is C[C@H]1CCCC/C1=N\Nc1ccc([N+](=O)[O-])cc1[N+](=O)[O-]. The Bertz CT molecular complexity index is 600. The van der Waals surface area contributed by atoms with Crippen LogP contribution in [0.2, 0.25) is 0 Å². The zero-order chi connectivity index (χ0) is 15.4. The van der Waals surface area contributed by atoms with E-state index in [0.717, 1.165) is 37.5 Å². The third-order valence-electron chi connectivity index (χ3n) is 3.60. The third-order valence-corrected chi connectivity index (χ3v) is 3.60. The van der Waals surface area contributed by atoms with Crippen molar-refractivity contribution in [2.75, 3.05) is 5.43 Å². The van der Waals surface area contributed by atoms with Crippen LogP contribution < -0.4 is 5.43 Å². The highest BCUT2D eigenvalue weighted by molar-refractivity contribution is 5.88. The molecule has 1 atom stereocenters. The number of hydrazone groups is 1. The number of nitro groups is 2. The molecule has 0 saturated heterocycles. The molecule has 1 N–H and O–H groups in total. The monoisotopic (exact) mass is 292 g/mol. The maximum absolute atomic E-state index is 11.0. The first-order chi connectivity index (χ1) is 9.99. The van der Waals surface area contributed by atoms with Crippen molar-refractivity contribution in [3.05, 3.63) is 38.4 Å². The predicted octanol–water partition coefficient (Wildman–Crippen LogP) is 3.48. The maximum Gasteiger partial charge on any atom is 0.301 e. The van der Waals surface area contributed by atoms with Gasteiger partial charge in [0.25, 0.3) is 5.69 Å². The number of hydrogen-bond acceptors (Lipinski definition) is 6. The van der Waals surface area contributed by atoms with Gasteiger partial charge in [-0.1, -0.05) is 13.3 Å². The summed E-state index contributed by atoms with van der Waals surface area (Å²) in [6.45, 7) is 2.07. The molecule has 0 heterocycles. The lowest BCUT2D eigenvalue weighted by Crippen LogP contribution is -2.17. The summed E-state index contributed by atoms with van der Waals surface area (Å²) in [5, 5.41) is 25.9. The molecule has 1 aliphatic carbocycles. The van der Waals surface area contributed by atoms with E-state index < -0.39 is 9.85 Å². The van der Waals surface area contributed by atoms with Gasteiger partial charge in [-0.15, -0.1) is 0 Å². The van der Waals surface area contributed by atoms with Gasteiger partial charge in [0.15, 0.2) is 0 Å². The van der Waals surface area contributed by atoms with Crippen LogP contribution in [-0.4, -0.2) is 15.6 Å². The smallest absolute Gasteiger partial charge is 0.272 e. The third kappa shape index (κ3) is 3.53. The molecule has 8 heteroatoms. The predicted molar refractivity (Wildman–Crippen MR) is 78.4 cm³/mol. The maximum atomic E-state index is 11.0. The van der Waals surface area contributed by atoms with Gasteiger partial charge in [-0.25, -0.2) is 0 Å². The minimum Gasteiger partial charge on any atom is -0.272 e. The van der Waals surface area contributed by atoms with Gasteiger partial charge in [-0.2, -0.15) is 5.10 Å². The molecule has 0 aliphatic heterocycles. The van der Waals surface area contributed by atoms with E-state index in [1.807, 2.05) is 0 Å². The van der Waals surface area contributed by atoms with Crippen molar-refractivity contribution in [3.63, 3.8) is 0 Å². The van der Waals surface area contributed by atoms with Crippen molar-refractivity contribution < 1.29 is 9.85 Å². The van der Waals surface area contributed by atoms with E-state index in [0.29, 0.717) is 5.92 Å². The zero-order valence-corrected chi connectivity index (χ0v) is 11.6. The fourth-order valence-electron chi connectivity index (χ4n) is 2.35. The average molecular weight is 292 g/mol. The molecule has 0 aromatic heterocycles. The molecule has 1 saturated carbocycles. The van der Waals surface area contributed by atoms with Crippen molar-refractivity contribution >= 4 is 22.8 Å². The number of non-ortho nitro benzene ring substituents is 1. The second-order valence-electron chi connectivity index (χ2n) is 5.08. The molecule has 0 bridgehead atoms. The Morgan fingerprint density at radius 2 is 2.00 bits per heavy atom. The lowest BCUT2D eigenvalue weighted by atomic mass is 9.89. The van der Waals surface area contributed by atoms with Crippen molar-refractivity contribution in [2.45, 2.75) is 32.6 Å². The van der Waals surface area contributed by atoms with Gasteiger partial charge in [-0.05, 0) is 31.2 Å². The number of rotatable bonds is 4. The van der Waals surface area contributed by atoms with Crippen LogP contribution in [0.4, 0.5) is 17.1 Å². The standard InChI is InChI=1S/C13H16N4O4/c1-9-4-2-3-5-11(9)14-15-12-7-6-10(16(18)19)8-13(12)17(20)21/h6-9,15H,2-5H2,1H3/b14-11+/t9-/m0/s1. The van der Waals surface area contributed by atoms with Crippen LogP contribution in [0.15, 0.2) is 23.3 Å². The van der Waals surface area contributed by atoms with Gasteiger partial charge in [0, 0.05) is 11.8 Å². The van der Waals surface area contributed by atoms with Gasteiger partial charge in [-0.3, -0.25) is 25.7 Å². The Hall–Kier alpha value is -2.51. The summed E-state index contributed by atoms with van der Waals surface area (Å²) in [5.74, 6) is 0.350. The highest BCUT2D eigenvalue weighted by Crippen LogP contribution is 2.29. The van der Waals surface area contributed by atoms with Crippen molar-refractivity contribution in [1.29, 1.82) is 0 Å². The van der Waals surface area contributed by atoms with Crippen molar-refractivity contribution in [2.24, 2.45) is 11.0 Å². The summed E-state index contributed by atoms with van der Waals surface area (Å²) in [6.07, 6.45) is 4.16. The molecule has 0 amide bonds. The second kappa shape index (κ2) is 6.29. The van der Waals surface area contributed by atoms with Gasteiger partial charge in [0.05, 0.1) is 15.9 Å². The molecule has 112 valence electrons. The normalized spacial score (nSPS) is 20.2. The number of nitrogens with zero attached hydrogens (tertiary/aromatic N) is 3. The van der Waals surface area contributed by atoms with E-state index in [1.54, 1.807) is 0 Å². The Balaban J connectivity index is 2.25.